The van der Waals surface area contributed by atoms with Gasteiger partial charge in [-0.3, -0.25) is 4.79 Å². The first-order valence-corrected chi connectivity index (χ1v) is 8.14. The molecule has 1 amide bonds. The molecule has 122 valence electrons. The summed E-state index contributed by atoms with van der Waals surface area (Å²) in [6, 6.07) is 14.5. The highest BCUT2D eigenvalue weighted by Gasteiger charge is 2.15. The Morgan fingerprint density at radius 2 is 1.83 bits per heavy atom. The van der Waals surface area contributed by atoms with Gasteiger partial charge >= 0.3 is 0 Å². The van der Waals surface area contributed by atoms with Gasteiger partial charge in [0.1, 0.15) is 5.76 Å². The van der Waals surface area contributed by atoms with Gasteiger partial charge in [-0.25, -0.2) is 0 Å². The molecule has 24 heavy (non-hydrogen) atoms. The highest BCUT2D eigenvalue weighted by Crippen LogP contribution is 2.34. The molecule has 1 N–H and O–H groups in total. The number of nitrogens with one attached hydrogen (secondary N) is 1. The Kier molecular flexibility index (Phi) is 4.65. The van der Waals surface area contributed by atoms with E-state index in [1.165, 1.54) is 0 Å². The van der Waals surface area contributed by atoms with E-state index in [2.05, 4.69) is 5.32 Å². The van der Waals surface area contributed by atoms with E-state index in [4.69, 9.17) is 27.6 Å². The summed E-state index contributed by atoms with van der Waals surface area (Å²) in [6.45, 7) is 3.91. The highest BCUT2D eigenvalue weighted by molar-refractivity contribution is 6.43. The molecule has 5 heteroatoms. The molecular weight excluding hydrogens is 345 g/mol. The van der Waals surface area contributed by atoms with Gasteiger partial charge in [0.2, 0.25) is 0 Å². The average molecular weight is 360 g/mol. The first-order chi connectivity index (χ1) is 11.5. The second-order valence-corrected chi connectivity index (χ2v) is 6.32. The van der Waals surface area contributed by atoms with E-state index in [1.807, 2.05) is 32.0 Å². The summed E-state index contributed by atoms with van der Waals surface area (Å²) >= 11 is 12.2. The number of amides is 1. The number of furan rings is 1. The zero-order chi connectivity index (χ0) is 17.3. The van der Waals surface area contributed by atoms with E-state index in [1.54, 1.807) is 30.3 Å². The Balaban J connectivity index is 1.86. The van der Waals surface area contributed by atoms with E-state index in [0.717, 1.165) is 16.8 Å². The second-order valence-electron chi connectivity index (χ2n) is 5.54. The lowest BCUT2D eigenvalue weighted by Crippen LogP contribution is -2.11. The Hall–Kier alpha value is -2.23. The molecular formula is C19H15Cl2NO2. The molecule has 0 saturated carbocycles. The SMILES string of the molecule is Cc1ccc(C)c(NC(=O)c2ccc(-c3cccc(Cl)c3Cl)o2)c1. The van der Waals surface area contributed by atoms with Crippen LogP contribution in [0.5, 0.6) is 0 Å². The number of benzene rings is 2. The van der Waals surface area contributed by atoms with Crippen LogP contribution in [0.1, 0.15) is 21.7 Å². The summed E-state index contributed by atoms with van der Waals surface area (Å²) < 4.78 is 5.65. The summed E-state index contributed by atoms with van der Waals surface area (Å²) in [4.78, 5) is 12.4. The molecule has 3 rings (SSSR count). The van der Waals surface area contributed by atoms with Crippen molar-refractivity contribution >= 4 is 34.8 Å². The van der Waals surface area contributed by atoms with Gasteiger partial charge in [-0.1, -0.05) is 41.4 Å². The fourth-order valence-corrected chi connectivity index (χ4v) is 2.75. The van der Waals surface area contributed by atoms with Crippen LogP contribution >= 0.6 is 23.2 Å². The molecule has 0 aliphatic rings. The lowest BCUT2D eigenvalue weighted by Gasteiger charge is -2.08. The number of rotatable bonds is 3. The largest absolute Gasteiger partial charge is 0.451 e. The van der Waals surface area contributed by atoms with E-state index < -0.39 is 0 Å². The number of halogens is 2. The fraction of sp³-hybridized carbons (Fsp3) is 0.105. The minimum absolute atomic E-state index is 0.210. The summed E-state index contributed by atoms with van der Waals surface area (Å²) in [5, 5.41) is 3.70. The van der Waals surface area contributed by atoms with Crippen molar-refractivity contribution in [1.82, 2.24) is 0 Å². The van der Waals surface area contributed by atoms with Crippen molar-refractivity contribution in [2.24, 2.45) is 0 Å². The van der Waals surface area contributed by atoms with Crippen LogP contribution in [0.2, 0.25) is 10.0 Å². The number of hydrogen-bond acceptors (Lipinski definition) is 2. The summed E-state index contributed by atoms with van der Waals surface area (Å²) in [6.07, 6.45) is 0. The third kappa shape index (κ3) is 3.32. The maximum absolute atomic E-state index is 12.4. The smallest absolute Gasteiger partial charge is 0.291 e. The molecule has 0 unspecified atom stereocenters. The average Bonchev–Trinajstić information content (AvgIpc) is 3.03. The standard InChI is InChI=1S/C19H15Cl2NO2/c1-11-6-7-12(2)15(10-11)22-19(23)17-9-8-16(24-17)13-4-3-5-14(20)18(13)21/h3-10H,1-2H3,(H,22,23). The molecule has 0 aliphatic heterocycles. The number of carbonyl (C=O) groups excluding carboxylic acids is 1. The van der Waals surface area contributed by atoms with Gasteiger partial charge < -0.3 is 9.73 Å². The second kappa shape index (κ2) is 6.71. The van der Waals surface area contributed by atoms with Crippen LogP contribution in [-0.4, -0.2) is 5.91 Å². The van der Waals surface area contributed by atoms with Gasteiger partial charge in [0, 0.05) is 11.3 Å². The molecule has 0 atom stereocenters. The Morgan fingerprint density at radius 3 is 2.62 bits per heavy atom. The topological polar surface area (TPSA) is 42.2 Å². The lowest BCUT2D eigenvalue weighted by molar-refractivity contribution is 0.0997. The van der Waals surface area contributed by atoms with Crippen LogP contribution < -0.4 is 5.32 Å². The molecule has 0 aliphatic carbocycles. The van der Waals surface area contributed by atoms with Crippen molar-refractivity contribution < 1.29 is 9.21 Å². The minimum Gasteiger partial charge on any atom is -0.451 e. The van der Waals surface area contributed by atoms with Gasteiger partial charge in [0.25, 0.3) is 5.91 Å². The Labute approximate surface area is 150 Å². The molecule has 3 nitrogen and oxygen atoms in total. The third-order valence-corrected chi connectivity index (χ3v) is 4.51. The van der Waals surface area contributed by atoms with Crippen LogP contribution in [0.4, 0.5) is 5.69 Å². The first kappa shape index (κ1) is 16.6. The van der Waals surface area contributed by atoms with Gasteiger partial charge in [-0.2, -0.15) is 0 Å². The summed E-state index contributed by atoms with van der Waals surface area (Å²) in [7, 11) is 0. The molecule has 0 fully saturated rings. The predicted octanol–water partition coefficient (Wildman–Crippen LogP) is 6.12. The fourth-order valence-electron chi connectivity index (χ4n) is 2.35. The quantitative estimate of drug-likeness (QED) is 0.611. The van der Waals surface area contributed by atoms with E-state index in [-0.39, 0.29) is 11.7 Å². The third-order valence-electron chi connectivity index (χ3n) is 3.69. The zero-order valence-electron chi connectivity index (χ0n) is 13.2. The summed E-state index contributed by atoms with van der Waals surface area (Å²) in [5.41, 5.74) is 3.47. The zero-order valence-corrected chi connectivity index (χ0v) is 14.7. The lowest BCUT2D eigenvalue weighted by atomic mass is 10.1. The molecule has 1 aromatic heterocycles. The number of hydrogen-bond donors (Lipinski definition) is 1. The van der Waals surface area contributed by atoms with E-state index in [0.29, 0.717) is 21.4 Å². The van der Waals surface area contributed by atoms with Crippen molar-refractivity contribution in [2.45, 2.75) is 13.8 Å². The van der Waals surface area contributed by atoms with Crippen molar-refractivity contribution in [3.63, 3.8) is 0 Å². The molecule has 0 bridgehead atoms. The number of aryl methyl sites for hydroxylation is 2. The summed E-state index contributed by atoms with van der Waals surface area (Å²) in [5.74, 6) is 0.392. The normalized spacial score (nSPS) is 10.7. The Bertz CT molecular complexity index is 915. The van der Waals surface area contributed by atoms with Gasteiger partial charge in [-0.05, 0) is 55.3 Å². The van der Waals surface area contributed by atoms with Crippen LogP contribution in [0.3, 0.4) is 0 Å². The molecule has 1 heterocycles. The Morgan fingerprint density at radius 1 is 1.04 bits per heavy atom. The van der Waals surface area contributed by atoms with Crippen molar-refractivity contribution in [3.8, 4) is 11.3 Å². The molecule has 3 aromatic rings. The van der Waals surface area contributed by atoms with Gasteiger partial charge in [0.15, 0.2) is 5.76 Å². The predicted molar refractivity (Wildman–Crippen MR) is 98.0 cm³/mol. The van der Waals surface area contributed by atoms with Crippen LogP contribution in [0.15, 0.2) is 52.9 Å². The minimum atomic E-state index is -0.312. The van der Waals surface area contributed by atoms with Crippen molar-refractivity contribution in [3.05, 3.63) is 75.5 Å². The molecule has 0 spiro atoms. The number of anilines is 1. The monoisotopic (exact) mass is 359 g/mol. The van der Waals surface area contributed by atoms with Crippen molar-refractivity contribution in [2.75, 3.05) is 5.32 Å². The molecule has 0 saturated heterocycles. The van der Waals surface area contributed by atoms with Gasteiger partial charge in [-0.15, -0.1) is 0 Å². The van der Waals surface area contributed by atoms with Gasteiger partial charge in [0.05, 0.1) is 10.0 Å². The van der Waals surface area contributed by atoms with E-state index >= 15 is 0 Å². The maximum atomic E-state index is 12.4. The first-order valence-electron chi connectivity index (χ1n) is 7.38. The maximum Gasteiger partial charge on any atom is 0.291 e. The highest BCUT2D eigenvalue weighted by atomic mass is 35.5. The van der Waals surface area contributed by atoms with E-state index in [9.17, 15) is 4.79 Å². The van der Waals surface area contributed by atoms with Crippen LogP contribution in [0.25, 0.3) is 11.3 Å². The molecule has 2 aromatic carbocycles. The van der Waals surface area contributed by atoms with Crippen molar-refractivity contribution in [1.29, 1.82) is 0 Å². The number of carbonyl (C=O) groups is 1. The van der Waals surface area contributed by atoms with Crippen LogP contribution in [-0.2, 0) is 0 Å². The molecule has 0 radical (unpaired) electrons. The van der Waals surface area contributed by atoms with Crippen LogP contribution in [0, 0.1) is 13.8 Å².